The van der Waals surface area contributed by atoms with Crippen LogP contribution < -0.4 is 0 Å². The quantitative estimate of drug-likeness (QED) is 0.539. The lowest BCUT2D eigenvalue weighted by molar-refractivity contribution is -0.148. The van der Waals surface area contributed by atoms with E-state index in [2.05, 4.69) is 0 Å². The highest BCUT2D eigenvalue weighted by Gasteiger charge is 2.44. The third-order valence-electron chi connectivity index (χ3n) is 2.47. The molecule has 0 spiro atoms. The van der Waals surface area contributed by atoms with Crippen molar-refractivity contribution in [2.24, 2.45) is 11.8 Å². The fourth-order valence-corrected chi connectivity index (χ4v) is 1.60. The molecule has 4 atom stereocenters. The predicted octanol–water partition coefficient (Wildman–Crippen LogP) is 0.384. The molecule has 1 rings (SSSR count). The van der Waals surface area contributed by atoms with Gasteiger partial charge in [-0.1, -0.05) is 20.3 Å². The smallest absolute Gasteiger partial charge is 0.0833 e. The van der Waals surface area contributed by atoms with Crippen molar-refractivity contribution in [1.29, 1.82) is 0 Å². The third-order valence-corrected chi connectivity index (χ3v) is 2.47. The van der Waals surface area contributed by atoms with Crippen LogP contribution in [0.25, 0.3) is 0 Å². The summed E-state index contributed by atoms with van der Waals surface area (Å²) in [5.74, 6) is 0.630. The maximum absolute atomic E-state index is 9.10. The van der Waals surface area contributed by atoms with Gasteiger partial charge in [0.2, 0.25) is 0 Å². The van der Waals surface area contributed by atoms with Crippen molar-refractivity contribution in [3.05, 3.63) is 0 Å². The van der Waals surface area contributed by atoms with E-state index < -0.39 is 12.2 Å². The maximum atomic E-state index is 9.10. The largest absolute Gasteiger partial charge is 0.390 e. The van der Waals surface area contributed by atoms with E-state index in [0.717, 1.165) is 6.42 Å². The molecule has 54 valence electrons. The monoisotopic (exact) mass is 130 g/mol. The Kier molecular flexibility index (Phi) is 1.78. The molecule has 1 saturated carbocycles. The average molecular weight is 130 g/mol. The maximum Gasteiger partial charge on any atom is 0.0833 e. The molecule has 0 aromatic carbocycles. The summed E-state index contributed by atoms with van der Waals surface area (Å²) in [4.78, 5) is 0. The van der Waals surface area contributed by atoms with E-state index >= 15 is 0 Å². The number of aliphatic hydroxyl groups excluding tert-OH is 2. The van der Waals surface area contributed by atoms with Crippen LogP contribution in [0.15, 0.2) is 0 Å². The second kappa shape index (κ2) is 2.27. The zero-order valence-corrected chi connectivity index (χ0v) is 5.91. The SMILES string of the molecule is CCC1C(C)C(O)C1O. The second-order valence-corrected chi connectivity index (χ2v) is 2.91. The topological polar surface area (TPSA) is 40.5 Å². The molecule has 2 heteroatoms. The van der Waals surface area contributed by atoms with Crippen molar-refractivity contribution in [3.63, 3.8) is 0 Å². The summed E-state index contributed by atoms with van der Waals surface area (Å²) in [5, 5.41) is 18.1. The minimum absolute atomic E-state index is 0.296. The van der Waals surface area contributed by atoms with Gasteiger partial charge in [0.05, 0.1) is 12.2 Å². The zero-order valence-electron chi connectivity index (χ0n) is 5.91. The molecule has 1 aliphatic rings. The fraction of sp³-hybridized carbons (Fsp3) is 1.00. The number of hydrogen-bond donors (Lipinski definition) is 2. The molecule has 1 fully saturated rings. The lowest BCUT2D eigenvalue weighted by atomic mass is 9.68. The first kappa shape index (κ1) is 7.03. The van der Waals surface area contributed by atoms with Crippen LogP contribution in [0.5, 0.6) is 0 Å². The minimum atomic E-state index is -0.463. The number of aliphatic hydroxyl groups is 2. The molecule has 0 aromatic rings. The second-order valence-electron chi connectivity index (χ2n) is 2.91. The Morgan fingerprint density at radius 2 is 1.78 bits per heavy atom. The van der Waals surface area contributed by atoms with Gasteiger partial charge < -0.3 is 10.2 Å². The van der Waals surface area contributed by atoms with Crippen molar-refractivity contribution in [1.82, 2.24) is 0 Å². The summed E-state index contributed by atoms with van der Waals surface area (Å²) >= 11 is 0. The Bertz CT molecular complexity index is 93.1. The van der Waals surface area contributed by atoms with Crippen molar-refractivity contribution < 1.29 is 10.2 Å². The zero-order chi connectivity index (χ0) is 7.02. The average Bonchev–Trinajstić information content (AvgIpc) is 1.89. The third kappa shape index (κ3) is 0.864. The van der Waals surface area contributed by atoms with E-state index in [1.807, 2.05) is 13.8 Å². The molecular formula is C7H14O2. The molecule has 9 heavy (non-hydrogen) atoms. The summed E-state index contributed by atoms with van der Waals surface area (Å²) in [7, 11) is 0. The van der Waals surface area contributed by atoms with Crippen molar-refractivity contribution in [2.75, 3.05) is 0 Å². The molecule has 0 heterocycles. The molecule has 0 aromatic heterocycles. The lowest BCUT2D eigenvalue weighted by Gasteiger charge is -2.44. The molecule has 0 saturated heterocycles. The molecule has 0 aliphatic heterocycles. The summed E-state index contributed by atoms with van der Waals surface area (Å²) in [6.07, 6.45) is 0.0549. The molecule has 0 radical (unpaired) electrons. The Hall–Kier alpha value is -0.0800. The van der Waals surface area contributed by atoms with Crippen molar-refractivity contribution in [2.45, 2.75) is 32.5 Å². The van der Waals surface area contributed by atoms with Crippen LogP contribution in [0, 0.1) is 11.8 Å². The van der Waals surface area contributed by atoms with Gasteiger partial charge in [-0.3, -0.25) is 0 Å². The molecule has 1 aliphatic carbocycles. The van der Waals surface area contributed by atoms with E-state index in [0.29, 0.717) is 11.8 Å². The highest BCUT2D eigenvalue weighted by Crippen LogP contribution is 2.36. The van der Waals surface area contributed by atoms with Gasteiger partial charge in [-0.25, -0.2) is 0 Å². The van der Waals surface area contributed by atoms with Gasteiger partial charge in [-0.2, -0.15) is 0 Å². The Balaban J connectivity index is 2.41. The van der Waals surface area contributed by atoms with Crippen LogP contribution in [0.3, 0.4) is 0 Å². The Labute approximate surface area is 55.5 Å². The lowest BCUT2D eigenvalue weighted by Crippen LogP contribution is -2.53. The van der Waals surface area contributed by atoms with E-state index in [4.69, 9.17) is 10.2 Å². The van der Waals surface area contributed by atoms with Crippen LogP contribution in [-0.4, -0.2) is 22.4 Å². The molecule has 2 nitrogen and oxygen atoms in total. The fourth-order valence-electron chi connectivity index (χ4n) is 1.60. The summed E-state index contributed by atoms with van der Waals surface area (Å²) < 4.78 is 0. The standard InChI is InChI=1S/C7H14O2/c1-3-5-4(2)6(8)7(5)9/h4-9H,3H2,1-2H3. The summed E-state index contributed by atoms with van der Waals surface area (Å²) in [5.41, 5.74) is 0. The van der Waals surface area contributed by atoms with Crippen molar-refractivity contribution >= 4 is 0 Å². The van der Waals surface area contributed by atoms with Gasteiger partial charge in [0.1, 0.15) is 0 Å². The van der Waals surface area contributed by atoms with Gasteiger partial charge in [0, 0.05) is 0 Å². The molecule has 0 amide bonds. The molecule has 4 unspecified atom stereocenters. The van der Waals surface area contributed by atoms with Crippen LogP contribution in [0.4, 0.5) is 0 Å². The summed E-state index contributed by atoms with van der Waals surface area (Å²) in [6.45, 7) is 4.02. The van der Waals surface area contributed by atoms with Gasteiger partial charge >= 0.3 is 0 Å². The normalized spacial score (nSPS) is 50.7. The van der Waals surface area contributed by atoms with Crippen molar-refractivity contribution in [3.8, 4) is 0 Å². The van der Waals surface area contributed by atoms with Gasteiger partial charge in [-0.05, 0) is 11.8 Å². The van der Waals surface area contributed by atoms with E-state index in [-0.39, 0.29) is 0 Å². The minimum Gasteiger partial charge on any atom is -0.390 e. The number of hydrogen-bond acceptors (Lipinski definition) is 2. The highest BCUT2D eigenvalue weighted by molar-refractivity contribution is 4.94. The van der Waals surface area contributed by atoms with Crippen LogP contribution >= 0.6 is 0 Å². The Morgan fingerprint density at radius 1 is 1.22 bits per heavy atom. The van der Waals surface area contributed by atoms with Crippen LogP contribution in [0.1, 0.15) is 20.3 Å². The van der Waals surface area contributed by atoms with E-state index in [1.165, 1.54) is 0 Å². The summed E-state index contributed by atoms with van der Waals surface area (Å²) in [6, 6.07) is 0. The molecule has 0 bridgehead atoms. The van der Waals surface area contributed by atoms with Gasteiger partial charge in [0.25, 0.3) is 0 Å². The first-order valence-electron chi connectivity index (χ1n) is 3.54. The van der Waals surface area contributed by atoms with Gasteiger partial charge in [0.15, 0.2) is 0 Å². The number of rotatable bonds is 1. The first-order chi connectivity index (χ1) is 4.18. The highest BCUT2D eigenvalue weighted by atomic mass is 16.3. The van der Waals surface area contributed by atoms with E-state index in [1.54, 1.807) is 0 Å². The Morgan fingerprint density at radius 3 is 2.00 bits per heavy atom. The van der Waals surface area contributed by atoms with E-state index in [9.17, 15) is 0 Å². The molecular weight excluding hydrogens is 116 g/mol. The van der Waals surface area contributed by atoms with Crippen LogP contribution in [0.2, 0.25) is 0 Å². The van der Waals surface area contributed by atoms with Crippen LogP contribution in [-0.2, 0) is 0 Å². The van der Waals surface area contributed by atoms with Gasteiger partial charge in [-0.15, -0.1) is 0 Å². The first-order valence-corrected chi connectivity index (χ1v) is 3.54. The molecule has 2 N–H and O–H groups in total. The predicted molar refractivity (Wildman–Crippen MR) is 35.0 cm³/mol.